The number of hydrogen-bond donors (Lipinski definition) is 2. The first-order chi connectivity index (χ1) is 12.8. The van der Waals surface area contributed by atoms with Gasteiger partial charge in [0.05, 0.1) is 29.5 Å². The Morgan fingerprint density at radius 1 is 1.00 bits per heavy atom. The first kappa shape index (κ1) is 16.6. The molecule has 2 N–H and O–H groups in total. The number of benzene rings is 2. The van der Waals surface area contributed by atoms with Gasteiger partial charge in [0.15, 0.2) is 0 Å². The van der Waals surface area contributed by atoms with Gasteiger partial charge in [-0.25, -0.2) is 9.97 Å². The molecule has 26 heavy (non-hydrogen) atoms. The van der Waals surface area contributed by atoms with Crippen LogP contribution in [-0.4, -0.2) is 19.9 Å². The second kappa shape index (κ2) is 7.58. The highest BCUT2D eigenvalue weighted by molar-refractivity contribution is 7.98. The van der Waals surface area contributed by atoms with Gasteiger partial charge < -0.3 is 10.3 Å². The first-order valence-corrected chi connectivity index (χ1v) is 9.46. The van der Waals surface area contributed by atoms with E-state index < -0.39 is 0 Å². The average Bonchev–Trinajstić information content (AvgIpc) is 3.12. The number of aromatic amines is 1. The monoisotopic (exact) mass is 361 g/mol. The number of H-pyrrole nitrogens is 1. The molecule has 4 aromatic rings. The third-order valence-electron chi connectivity index (χ3n) is 4.02. The number of thioether (sulfide) groups is 1. The molecule has 0 aliphatic carbocycles. The lowest BCUT2D eigenvalue weighted by atomic mass is 10.2. The fourth-order valence-electron chi connectivity index (χ4n) is 2.69. The fourth-order valence-corrected chi connectivity index (χ4v) is 3.49. The van der Waals surface area contributed by atoms with Crippen molar-refractivity contribution in [3.8, 4) is 0 Å². The largest absolute Gasteiger partial charge is 0.359 e. The lowest BCUT2D eigenvalue weighted by molar-refractivity contribution is 0.802. The summed E-state index contributed by atoms with van der Waals surface area (Å²) < 4.78 is 0. The standard InChI is InChI=1S/C20H19N5S/c1-14(20-23-16-9-5-6-10-17(16)24-20)22-18-11-21-12-19(25-18)26-13-15-7-3-2-4-8-15/h2-12,14H,13H2,1H3,(H,22,25)(H,23,24). The number of nitrogens with one attached hydrogen (secondary N) is 2. The summed E-state index contributed by atoms with van der Waals surface area (Å²) in [5.41, 5.74) is 3.28. The lowest BCUT2D eigenvalue weighted by Crippen LogP contribution is -2.10. The Bertz CT molecular complexity index is 966. The van der Waals surface area contributed by atoms with Crippen molar-refractivity contribution >= 4 is 28.6 Å². The molecule has 0 fully saturated rings. The number of rotatable bonds is 6. The van der Waals surface area contributed by atoms with E-state index in [0.29, 0.717) is 0 Å². The highest BCUT2D eigenvalue weighted by atomic mass is 32.2. The lowest BCUT2D eigenvalue weighted by Gasteiger charge is -2.12. The highest BCUT2D eigenvalue weighted by Gasteiger charge is 2.11. The third-order valence-corrected chi connectivity index (χ3v) is 4.99. The maximum Gasteiger partial charge on any atom is 0.146 e. The zero-order chi connectivity index (χ0) is 17.8. The number of hydrogen-bond acceptors (Lipinski definition) is 5. The molecule has 1 atom stereocenters. The van der Waals surface area contributed by atoms with Gasteiger partial charge in [0.25, 0.3) is 0 Å². The molecular formula is C20H19N5S. The zero-order valence-electron chi connectivity index (χ0n) is 14.4. The first-order valence-electron chi connectivity index (χ1n) is 8.48. The molecule has 2 aromatic carbocycles. The minimum atomic E-state index is 0.00562. The van der Waals surface area contributed by atoms with Gasteiger partial charge in [0.1, 0.15) is 16.7 Å². The Balaban J connectivity index is 1.44. The maximum atomic E-state index is 4.65. The molecule has 1 unspecified atom stereocenters. The van der Waals surface area contributed by atoms with Crippen molar-refractivity contribution < 1.29 is 0 Å². The van der Waals surface area contributed by atoms with Gasteiger partial charge in [0.2, 0.25) is 0 Å². The van der Waals surface area contributed by atoms with E-state index >= 15 is 0 Å². The molecule has 0 radical (unpaired) electrons. The minimum absolute atomic E-state index is 0.00562. The van der Waals surface area contributed by atoms with Crippen molar-refractivity contribution in [3.63, 3.8) is 0 Å². The topological polar surface area (TPSA) is 66.5 Å². The number of anilines is 1. The molecule has 2 heterocycles. The van der Waals surface area contributed by atoms with Crippen LogP contribution >= 0.6 is 11.8 Å². The van der Waals surface area contributed by atoms with E-state index in [1.54, 1.807) is 24.2 Å². The van der Waals surface area contributed by atoms with Crippen LogP contribution in [0.3, 0.4) is 0 Å². The molecule has 2 aromatic heterocycles. The molecule has 0 amide bonds. The van der Waals surface area contributed by atoms with Crippen LogP contribution in [0.15, 0.2) is 72.0 Å². The Morgan fingerprint density at radius 3 is 2.65 bits per heavy atom. The van der Waals surface area contributed by atoms with Crippen LogP contribution in [0, 0.1) is 0 Å². The van der Waals surface area contributed by atoms with Gasteiger partial charge >= 0.3 is 0 Å². The SMILES string of the molecule is CC(Nc1cncc(SCc2ccccc2)n1)c1nc2ccccc2[nH]1. The molecule has 0 aliphatic heterocycles. The smallest absolute Gasteiger partial charge is 0.146 e. The van der Waals surface area contributed by atoms with Crippen LogP contribution in [0.1, 0.15) is 24.4 Å². The van der Waals surface area contributed by atoms with E-state index in [-0.39, 0.29) is 6.04 Å². The number of aromatic nitrogens is 4. The van der Waals surface area contributed by atoms with Crippen LogP contribution in [0.2, 0.25) is 0 Å². The second-order valence-electron chi connectivity index (χ2n) is 6.02. The van der Waals surface area contributed by atoms with Gasteiger partial charge in [-0.3, -0.25) is 4.98 Å². The van der Waals surface area contributed by atoms with Crippen LogP contribution in [-0.2, 0) is 5.75 Å². The van der Waals surface area contributed by atoms with Crippen molar-refractivity contribution in [2.45, 2.75) is 23.7 Å². The number of nitrogens with zero attached hydrogens (tertiary/aromatic N) is 3. The summed E-state index contributed by atoms with van der Waals surface area (Å²) >= 11 is 1.68. The van der Waals surface area contributed by atoms with Crippen LogP contribution in [0.25, 0.3) is 11.0 Å². The highest BCUT2D eigenvalue weighted by Crippen LogP contribution is 2.23. The Labute approximate surface area is 156 Å². The van der Waals surface area contributed by atoms with Crippen LogP contribution in [0.4, 0.5) is 5.82 Å². The summed E-state index contributed by atoms with van der Waals surface area (Å²) in [6.45, 7) is 2.06. The summed E-state index contributed by atoms with van der Waals surface area (Å²) in [4.78, 5) is 17.0. The number of fused-ring (bicyclic) bond motifs is 1. The molecule has 0 saturated carbocycles. The Hall–Kier alpha value is -2.86. The quantitative estimate of drug-likeness (QED) is 0.482. The van der Waals surface area contributed by atoms with Crippen molar-refractivity contribution in [1.29, 1.82) is 0 Å². The summed E-state index contributed by atoms with van der Waals surface area (Å²) in [7, 11) is 0. The Morgan fingerprint density at radius 2 is 1.81 bits per heavy atom. The molecule has 5 nitrogen and oxygen atoms in total. The summed E-state index contributed by atoms with van der Waals surface area (Å²) in [6, 6.07) is 18.4. The van der Waals surface area contributed by atoms with Crippen LogP contribution in [0.5, 0.6) is 0 Å². The second-order valence-corrected chi connectivity index (χ2v) is 7.02. The van der Waals surface area contributed by atoms with E-state index in [1.165, 1.54) is 5.56 Å². The van der Waals surface area contributed by atoms with Gasteiger partial charge in [-0.1, -0.05) is 42.5 Å². The van der Waals surface area contributed by atoms with E-state index in [2.05, 4.69) is 56.4 Å². The number of para-hydroxylation sites is 2. The van der Waals surface area contributed by atoms with E-state index in [9.17, 15) is 0 Å². The van der Waals surface area contributed by atoms with E-state index in [4.69, 9.17) is 0 Å². The molecule has 6 heteroatoms. The van der Waals surface area contributed by atoms with E-state index in [1.807, 2.05) is 30.3 Å². The van der Waals surface area contributed by atoms with Crippen molar-refractivity contribution in [1.82, 2.24) is 19.9 Å². The normalized spacial score (nSPS) is 12.2. The maximum absolute atomic E-state index is 4.65. The van der Waals surface area contributed by atoms with Crippen LogP contribution < -0.4 is 5.32 Å². The van der Waals surface area contributed by atoms with Crippen molar-refractivity contribution in [3.05, 3.63) is 78.4 Å². The molecular weight excluding hydrogens is 342 g/mol. The predicted molar refractivity (Wildman–Crippen MR) is 106 cm³/mol. The van der Waals surface area contributed by atoms with Crippen molar-refractivity contribution in [2.75, 3.05) is 5.32 Å². The molecule has 130 valence electrons. The summed E-state index contributed by atoms with van der Waals surface area (Å²) in [5, 5.41) is 4.28. The van der Waals surface area contributed by atoms with Gasteiger partial charge in [-0.05, 0) is 24.6 Å². The fraction of sp³-hybridized carbons (Fsp3) is 0.150. The molecule has 0 aliphatic rings. The predicted octanol–water partition coefficient (Wildman–Crippen LogP) is 4.82. The number of imidazole rings is 1. The molecule has 0 bridgehead atoms. The van der Waals surface area contributed by atoms with Gasteiger partial charge in [-0.2, -0.15) is 0 Å². The molecule has 0 saturated heterocycles. The zero-order valence-corrected chi connectivity index (χ0v) is 15.2. The Kier molecular flexibility index (Phi) is 4.84. The minimum Gasteiger partial charge on any atom is -0.359 e. The van der Waals surface area contributed by atoms with E-state index in [0.717, 1.165) is 33.5 Å². The summed E-state index contributed by atoms with van der Waals surface area (Å²) in [5.74, 6) is 2.50. The van der Waals surface area contributed by atoms with Gasteiger partial charge in [-0.15, -0.1) is 11.8 Å². The molecule has 4 rings (SSSR count). The molecule has 0 spiro atoms. The third kappa shape index (κ3) is 3.86. The summed E-state index contributed by atoms with van der Waals surface area (Å²) in [6.07, 6.45) is 3.54. The van der Waals surface area contributed by atoms with Crippen molar-refractivity contribution in [2.24, 2.45) is 0 Å². The average molecular weight is 361 g/mol. The van der Waals surface area contributed by atoms with Gasteiger partial charge in [0, 0.05) is 5.75 Å².